The highest BCUT2D eigenvalue weighted by molar-refractivity contribution is 7.98. The molecule has 0 heterocycles. The number of nitrogens with one attached hydrogen (secondary N) is 1. The summed E-state index contributed by atoms with van der Waals surface area (Å²) >= 11 is 8.00. The van der Waals surface area contributed by atoms with Crippen LogP contribution in [0.3, 0.4) is 0 Å². The van der Waals surface area contributed by atoms with Gasteiger partial charge in [-0.2, -0.15) is 11.8 Å². The van der Waals surface area contributed by atoms with Crippen molar-refractivity contribution in [1.29, 1.82) is 0 Å². The smallest absolute Gasteiger partial charge is 0.0409 e. The van der Waals surface area contributed by atoms with Crippen molar-refractivity contribution in [2.45, 2.75) is 31.8 Å². The van der Waals surface area contributed by atoms with Gasteiger partial charge in [0.15, 0.2) is 0 Å². The van der Waals surface area contributed by atoms with E-state index in [1.165, 1.54) is 17.7 Å². The van der Waals surface area contributed by atoms with E-state index in [0.717, 1.165) is 18.0 Å². The second-order valence-electron chi connectivity index (χ2n) is 5.30. The molecule has 0 bridgehead atoms. The summed E-state index contributed by atoms with van der Waals surface area (Å²) in [6.07, 6.45) is 4.51. The summed E-state index contributed by atoms with van der Waals surface area (Å²) in [6, 6.07) is 9.15. The first-order valence-corrected chi connectivity index (χ1v) is 8.97. The Labute approximate surface area is 133 Å². The molecule has 0 aromatic heterocycles. The highest BCUT2D eigenvalue weighted by Gasteiger charge is 2.13. The van der Waals surface area contributed by atoms with Crippen molar-refractivity contribution >= 4 is 23.4 Å². The molecule has 0 aliphatic heterocycles. The Bertz CT molecular complexity index is 386. The second-order valence-corrected chi connectivity index (χ2v) is 6.72. The molecule has 2 unspecified atom stereocenters. The third kappa shape index (κ3) is 6.04. The van der Waals surface area contributed by atoms with Crippen LogP contribution >= 0.6 is 23.4 Å². The molecule has 4 heteroatoms. The molecule has 114 valence electrons. The topological polar surface area (TPSA) is 15.3 Å². The van der Waals surface area contributed by atoms with Crippen LogP contribution in [0.2, 0.25) is 5.02 Å². The quantitative estimate of drug-likeness (QED) is 0.740. The monoisotopic (exact) mass is 314 g/mol. The SMILES string of the molecule is CNC(CCN(C)C(C)CCSC)c1cccc(Cl)c1. The average Bonchev–Trinajstić information content (AvgIpc) is 2.45. The second kappa shape index (κ2) is 9.67. The molecule has 2 atom stereocenters. The first-order valence-electron chi connectivity index (χ1n) is 7.20. The van der Waals surface area contributed by atoms with Gasteiger partial charge in [0.05, 0.1) is 0 Å². The number of halogens is 1. The van der Waals surface area contributed by atoms with Crippen LogP contribution in [0.4, 0.5) is 0 Å². The summed E-state index contributed by atoms with van der Waals surface area (Å²) in [5.41, 5.74) is 1.27. The van der Waals surface area contributed by atoms with E-state index >= 15 is 0 Å². The van der Waals surface area contributed by atoms with E-state index in [9.17, 15) is 0 Å². The molecule has 0 saturated carbocycles. The van der Waals surface area contributed by atoms with Crippen LogP contribution in [0.25, 0.3) is 0 Å². The predicted molar refractivity (Wildman–Crippen MR) is 93.0 cm³/mol. The zero-order valence-corrected chi connectivity index (χ0v) is 14.6. The van der Waals surface area contributed by atoms with Crippen LogP contribution in [-0.4, -0.2) is 43.6 Å². The maximum atomic E-state index is 6.08. The van der Waals surface area contributed by atoms with Crippen molar-refractivity contribution in [1.82, 2.24) is 10.2 Å². The lowest BCUT2D eigenvalue weighted by Crippen LogP contribution is -2.32. The minimum Gasteiger partial charge on any atom is -0.313 e. The van der Waals surface area contributed by atoms with Crippen molar-refractivity contribution in [3.05, 3.63) is 34.9 Å². The third-order valence-corrected chi connectivity index (χ3v) is 4.74. The summed E-state index contributed by atoms with van der Waals surface area (Å²) in [5.74, 6) is 1.23. The molecule has 0 radical (unpaired) electrons. The third-order valence-electron chi connectivity index (χ3n) is 3.86. The number of nitrogens with zero attached hydrogens (tertiary/aromatic N) is 1. The molecule has 0 spiro atoms. The molecule has 1 N–H and O–H groups in total. The van der Waals surface area contributed by atoms with E-state index in [-0.39, 0.29) is 0 Å². The Morgan fingerprint density at radius 3 is 2.70 bits per heavy atom. The van der Waals surface area contributed by atoms with Crippen LogP contribution in [0.15, 0.2) is 24.3 Å². The summed E-state index contributed by atoms with van der Waals surface area (Å²) in [4.78, 5) is 2.45. The van der Waals surface area contributed by atoms with Gasteiger partial charge >= 0.3 is 0 Å². The molecule has 0 saturated heterocycles. The van der Waals surface area contributed by atoms with E-state index in [1.54, 1.807) is 0 Å². The van der Waals surface area contributed by atoms with Crippen LogP contribution in [0.5, 0.6) is 0 Å². The number of benzene rings is 1. The lowest BCUT2D eigenvalue weighted by Gasteiger charge is -2.27. The molecule has 0 aliphatic carbocycles. The van der Waals surface area contributed by atoms with Gasteiger partial charge in [-0.15, -0.1) is 0 Å². The van der Waals surface area contributed by atoms with Gasteiger partial charge in [0, 0.05) is 17.1 Å². The van der Waals surface area contributed by atoms with Crippen molar-refractivity contribution in [2.24, 2.45) is 0 Å². The fourth-order valence-corrected chi connectivity index (χ4v) is 3.04. The van der Waals surface area contributed by atoms with Crippen LogP contribution in [0.1, 0.15) is 31.4 Å². The molecule has 1 aromatic carbocycles. The van der Waals surface area contributed by atoms with Crippen molar-refractivity contribution < 1.29 is 0 Å². The molecule has 2 nitrogen and oxygen atoms in total. The zero-order chi connectivity index (χ0) is 15.0. The Balaban J connectivity index is 2.49. The van der Waals surface area contributed by atoms with E-state index in [4.69, 9.17) is 11.6 Å². The van der Waals surface area contributed by atoms with E-state index in [1.807, 2.05) is 30.9 Å². The number of rotatable bonds is 9. The number of hydrogen-bond donors (Lipinski definition) is 1. The summed E-state index contributed by atoms with van der Waals surface area (Å²) in [5, 5.41) is 4.20. The van der Waals surface area contributed by atoms with E-state index in [2.05, 4.69) is 42.6 Å². The van der Waals surface area contributed by atoms with Crippen LogP contribution in [0, 0.1) is 0 Å². The molecule has 20 heavy (non-hydrogen) atoms. The van der Waals surface area contributed by atoms with Crippen molar-refractivity contribution in [2.75, 3.05) is 32.6 Å². The van der Waals surface area contributed by atoms with Crippen LogP contribution in [-0.2, 0) is 0 Å². The molecule has 0 aliphatic rings. The molecular formula is C16H27ClN2S. The van der Waals surface area contributed by atoms with Gasteiger partial charge in [-0.1, -0.05) is 23.7 Å². The first kappa shape index (κ1) is 17.8. The van der Waals surface area contributed by atoms with Gasteiger partial charge in [-0.25, -0.2) is 0 Å². The zero-order valence-electron chi connectivity index (χ0n) is 13.0. The van der Waals surface area contributed by atoms with E-state index < -0.39 is 0 Å². The summed E-state index contributed by atoms with van der Waals surface area (Å²) in [7, 11) is 4.23. The summed E-state index contributed by atoms with van der Waals surface area (Å²) in [6.45, 7) is 3.40. The van der Waals surface area contributed by atoms with Gasteiger partial charge in [0.2, 0.25) is 0 Å². The molecule has 1 aromatic rings. The molecule has 0 amide bonds. The van der Waals surface area contributed by atoms with Crippen molar-refractivity contribution in [3.63, 3.8) is 0 Å². The van der Waals surface area contributed by atoms with Gasteiger partial charge in [0.1, 0.15) is 0 Å². The first-order chi connectivity index (χ1) is 9.58. The molecule has 0 fully saturated rings. The Morgan fingerprint density at radius 1 is 1.35 bits per heavy atom. The maximum absolute atomic E-state index is 6.08. The normalized spacial score (nSPS) is 14.5. The van der Waals surface area contributed by atoms with E-state index in [0.29, 0.717) is 12.1 Å². The minimum absolute atomic E-state index is 0.365. The van der Waals surface area contributed by atoms with Gasteiger partial charge in [0.25, 0.3) is 0 Å². The van der Waals surface area contributed by atoms with Gasteiger partial charge < -0.3 is 10.2 Å². The van der Waals surface area contributed by atoms with Gasteiger partial charge in [-0.05, 0) is 70.1 Å². The summed E-state index contributed by atoms with van der Waals surface area (Å²) < 4.78 is 0. The molecular weight excluding hydrogens is 288 g/mol. The Morgan fingerprint density at radius 2 is 2.10 bits per heavy atom. The average molecular weight is 315 g/mol. The Hall–Kier alpha value is -0.220. The Kier molecular flexibility index (Phi) is 8.62. The lowest BCUT2D eigenvalue weighted by atomic mass is 10.0. The number of hydrogen-bond acceptors (Lipinski definition) is 3. The maximum Gasteiger partial charge on any atom is 0.0409 e. The largest absolute Gasteiger partial charge is 0.313 e. The predicted octanol–water partition coefficient (Wildman–Crippen LogP) is 4.06. The standard InChI is InChI=1S/C16H27ClN2S/c1-13(9-11-20-4)19(3)10-8-16(18-2)14-6-5-7-15(17)12-14/h5-7,12-13,16,18H,8-11H2,1-4H3. The van der Waals surface area contributed by atoms with Crippen molar-refractivity contribution in [3.8, 4) is 0 Å². The van der Waals surface area contributed by atoms with Gasteiger partial charge in [-0.3, -0.25) is 0 Å². The highest BCUT2D eigenvalue weighted by Crippen LogP contribution is 2.21. The fourth-order valence-electron chi connectivity index (χ4n) is 2.26. The molecule has 1 rings (SSSR count). The lowest BCUT2D eigenvalue weighted by molar-refractivity contribution is 0.240. The minimum atomic E-state index is 0.365. The van der Waals surface area contributed by atoms with Crippen LogP contribution < -0.4 is 5.32 Å². The highest BCUT2D eigenvalue weighted by atomic mass is 35.5. The fraction of sp³-hybridized carbons (Fsp3) is 0.625. The number of thioether (sulfide) groups is 1.